The molecule has 0 saturated carbocycles. The first kappa shape index (κ1) is 16.6. The Kier molecular flexibility index (Phi) is 4.85. The molecule has 3 aromatic carbocycles. The molecule has 0 aliphatic heterocycles. The zero-order valence-electron chi connectivity index (χ0n) is 15.0. The fourth-order valence-electron chi connectivity index (χ4n) is 3.48. The van der Waals surface area contributed by atoms with Gasteiger partial charge in [-0.1, -0.05) is 72.8 Å². The normalized spacial score (nSPS) is 11.3. The summed E-state index contributed by atoms with van der Waals surface area (Å²) in [5.41, 5.74) is 4.96. The van der Waals surface area contributed by atoms with Gasteiger partial charge in [0.1, 0.15) is 6.10 Å². The Hall–Kier alpha value is -2.84. The van der Waals surface area contributed by atoms with Crippen molar-refractivity contribution in [3.63, 3.8) is 0 Å². The van der Waals surface area contributed by atoms with Gasteiger partial charge in [-0.15, -0.1) is 0 Å². The molecule has 0 bridgehead atoms. The highest BCUT2D eigenvalue weighted by molar-refractivity contribution is 5.83. The SMILES string of the molecule is Cc1cccc2c1ccn2CCOC(c1ccccc1)c1ccccc1. The molecule has 0 N–H and O–H groups in total. The molecule has 0 amide bonds. The van der Waals surface area contributed by atoms with Gasteiger partial charge >= 0.3 is 0 Å². The maximum absolute atomic E-state index is 6.35. The molecule has 4 aromatic rings. The lowest BCUT2D eigenvalue weighted by Gasteiger charge is -2.19. The van der Waals surface area contributed by atoms with Crippen LogP contribution in [0.1, 0.15) is 22.8 Å². The van der Waals surface area contributed by atoms with Gasteiger partial charge in [-0.2, -0.15) is 0 Å². The van der Waals surface area contributed by atoms with Gasteiger partial charge < -0.3 is 9.30 Å². The summed E-state index contributed by atoms with van der Waals surface area (Å²) in [6.07, 6.45) is 2.11. The summed E-state index contributed by atoms with van der Waals surface area (Å²) in [7, 11) is 0. The van der Waals surface area contributed by atoms with Crippen LogP contribution in [-0.2, 0) is 11.3 Å². The van der Waals surface area contributed by atoms with Gasteiger partial charge in [-0.25, -0.2) is 0 Å². The molecule has 0 atom stereocenters. The fourth-order valence-corrected chi connectivity index (χ4v) is 3.48. The van der Waals surface area contributed by atoms with Crippen molar-refractivity contribution in [1.29, 1.82) is 0 Å². The van der Waals surface area contributed by atoms with Gasteiger partial charge in [0.05, 0.1) is 6.61 Å². The van der Waals surface area contributed by atoms with E-state index < -0.39 is 0 Å². The Bertz CT molecular complexity index is 933. The second kappa shape index (κ2) is 7.59. The number of nitrogens with zero attached hydrogens (tertiary/aromatic N) is 1. The standard InChI is InChI=1S/C24H23NO/c1-19-9-8-14-23-22(19)15-16-25(23)17-18-26-24(20-10-4-2-5-11-20)21-12-6-3-7-13-21/h2-16,24H,17-18H2,1H3. The number of ether oxygens (including phenoxy) is 1. The topological polar surface area (TPSA) is 14.2 Å². The van der Waals surface area contributed by atoms with Crippen LogP contribution < -0.4 is 0 Å². The van der Waals surface area contributed by atoms with Crippen LogP contribution in [0.25, 0.3) is 10.9 Å². The summed E-state index contributed by atoms with van der Waals surface area (Å²) in [5.74, 6) is 0. The van der Waals surface area contributed by atoms with Crippen molar-refractivity contribution < 1.29 is 4.74 Å². The smallest absolute Gasteiger partial charge is 0.108 e. The molecule has 0 saturated heterocycles. The first-order valence-electron chi connectivity index (χ1n) is 9.09. The maximum atomic E-state index is 6.35. The molecule has 130 valence electrons. The molecule has 0 spiro atoms. The number of aryl methyl sites for hydroxylation is 1. The van der Waals surface area contributed by atoms with E-state index >= 15 is 0 Å². The van der Waals surface area contributed by atoms with E-state index in [1.165, 1.54) is 27.6 Å². The minimum atomic E-state index is -0.0408. The van der Waals surface area contributed by atoms with Crippen molar-refractivity contribution in [3.8, 4) is 0 Å². The molecule has 0 fully saturated rings. The summed E-state index contributed by atoms with van der Waals surface area (Å²) < 4.78 is 8.62. The van der Waals surface area contributed by atoms with Crippen LogP contribution in [0.5, 0.6) is 0 Å². The molecule has 0 aliphatic rings. The van der Waals surface area contributed by atoms with E-state index in [1.54, 1.807) is 0 Å². The largest absolute Gasteiger partial charge is 0.367 e. The van der Waals surface area contributed by atoms with Crippen LogP contribution in [0.3, 0.4) is 0 Å². The van der Waals surface area contributed by atoms with Crippen molar-refractivity contribution in [2.75, 3.05) is 6.61 Å². The van der Waals surface area contributed by atoms with Crippen LogP contribution in [0.15, 0.2) is 91.1 Å². The number of aromatic nitrogens is 1. The Morgan fingerprint density at radius 2 is 1.42 bits per heavy atom. The average Bonchev–Trinajstić information content (AvgIpc) is 3.11. The van der Waals surface area contributed by atoms with Gasteiger partial charge in [-0.3, -0.25) is 0 Å². The third-order valence-electron chi connectivity index (χ3n) is 4.85. The quantitative estimate of drug-likeness (QED) is 0.435. The highest BCUT2D eigenvalue weighted by Gasteiger charge is 2.14. The lowest BCUT2D eigenvalue weighted by atomic mass is 10.0. The summed E-state index contributed by atoms with van der Waals surface area (Å²) in [6.45, 7) is 3.65. The summed E-state index contributed by atoms with van der Waals surface area (Å²) in [5, 5.41) is 1.31. The number of benzene rings is 3. The van der Waals surface area contributed by atoms with Crippen LogP contribution in [0, 0.1) is 6.92 Å². The molecule has 4 rings (SSSR count). The van der Waals surface area contributed by atoms with Gasteiger partial charge in [0.15, 0.2) is 0 Å². The van der Waals surface area contributed by atoms with Crippen LogP contribution in [-0.4, -0.2) is 11.2 Å². The third kappa shape index (κ3) is 3.42. The van der Waals surface area contributed by atoms with E-state index in [2.05, 4.69) is 90.5 Å². The average molecular weight is 341 g/mol. The Balaban J connectivity index is 1.52. The van der Waals surface area contributed by atoms with E-state index in [0.717, 1.165) is 6.54 Å². The maximum Gasteiger partial charge on any atom is 0.108 e. The highest BCUT2D eigenvalue weighted by atomic mass is 16.5. The summed E-state index contributed by atoms with van der Waals surface area (Å²) in [4.78, 5) is 0. The number of rotatable bonds is 6. The molecule has 2 heteroatoms. The van der Waals surface area contributed by atoms with Gasteiger partial charge in [0, 0.05) is 23.6 Å². The molecule has 1 heterocycles. The zero-order chi connectivity index (χ0) is 17.8. The molecular formula is C24H23NO. The highest BCUT2D eigenvalue weighted by Crippen LogP contribution is 2.26. The monoisotopic (exact) mass is 341 g/mol. The number of hydrogen-bond donors (Lipinski definition) is 0. The predicted octanol–water partition coefficient (Wildman–Crippen LogP) is 5.76. The lowest BCUT2D eigenvalue weighted by Crippen LogP contribution is -2.11. The first-order valence-corrected chi connectivity index (χ1v) is 9.09. The van der Waals surface area contributed by atoms with E-state index in [4.69, 9.17) is 4.74 Å². The predicted molar refractivity (Wildman–Crippen MR) is 107 cm³/mol. The lowest BCUT2D eigenvalue weighted by molar-refractivity contribution is 0.0744. The summed E-state index contributed by atoms with van der Waals surface area (Å²) >= 11 is 0. The number of hydrogen-bond acceptors (Lipinski definition) is 1. The van der Waals surface area contributed by atoms with Crippen molar-refractivity contribution in [1.82, 2.24) is 4.57 Å². The second-order valence-electron chi connectivity index (χ2n) is 6.59. The van der Waals surface area contributed by atoms with Crippen LogP contribution in [0.2, 0.25) is 0 Å². The van der Waals surface area contributed by atoms with E-state index in [0.29, 0.717) is 6.61 Å². The molecule has 1 aromatic heterocycles. The Morgan fingerprint density at radius 3 is 2.08 bits per heavy atom. The minimum Gasteiger partial charge on any atom is -0.367 e. The van der Waals surface area contributed by atoms with Crippen LogP contribution >= 0.6 is 0 Å². The molecule has 26 heavy (non-hydrogen) atoms. The van der Waals surface area contributed by atoms with Crippen molar-refractivity contribution in [2.45, 2.75) is 19.6 Å². The second-order valence-corrected chi connectivity index (χ2v) is 6.59. The van der Waals surface area contributed by atoms with Crippen molar-refractivity contribution >= 4 is 10.9 Å². The molecule has 0 aliphatic carbocycles. The van der Waals surface area contributed by atoms with E-state index in [-0.39, 0.29) is 6.10 Å². The Morgan fingerprint density at radius 1 is 0.769 bits per heavy atom. The molecular weight excluding hydrogens is 318 g/mol. The molecule has 0 unspecified atom stereocenters. The minimum absolute atomic E-state index is 0.0408. The zero-order valence-corrected chi connectivity index (χ0v) is 15.0. The van der Waals surface area contributed by atoms with E-state index in [1.807, 2.05) is 12.1 Å². The molecule has 2 nitrogen and oxygen atoms in total. The first-order chi connectivity index (χ1) is 12.8. The Labute approximate surface area is 154 Å². The van der Waals surface area contributed by atoms with E-state index in [9.17, 15) is 0 Å². The van der Waals surface area contributed by atoms with Crippen molar-refractivity contribution in [3.05, 3.63) is 108 Å². The van der Waals surface area contributed by atoms with Gasteiger partial charge in [0.25, 0.3) is 0 Å². The summed E-state index contributed by atoms with van der Waals surface area (Å²) in [6, 6.07) is 29.5. The molecule has 0 radical (unpaired) electrons. The number of fused-ring (bicyclic) bond motifs is 1. The third-order valence-corrected chi connectivity index (χ3v) is 4.85. The van der Waals surface area contributed by atoms with Crippen LogP contribution in [0.4, 0.5) is 0 Å². The van der Waals surface area contributed by atoms with Crippen molar-refractivity contribution in [2.24, 2.45) is 0 Å². The fraction of sp³-hybridized carbons (Fsp3) is 0.167. The van der Waals surface area contributed by atoms with Gasteiger partial charge in [-0.05, 0) is 35.7 Å². The van der Waals surface area contributed by atoms with Gasteiger partial charge in [0.2, 0.25) is 0 Å².